The number of carbonyl (C=O) groups is 1. The normalized spacial score (nSPS) is 10.3. The van der Waals surface area contributed by atoms with Crippen LogP contribution in [-0.2, 0) is 11.2 Å². The molecule has 138 valence electrons. The van der Waals surface area contributed by atoms with E-state index in [1.165, 1.54) is 0 Å². The summed E-state index contributed by atoms with van der Waals surface area (Å²) < 4.78 is 10.8. The molecule has 1 N–H and O–H groups in total. The number of nitrogens with one attached hydrogen (secondary N) is 1. The number of rotatable bonds is 7. The first-order chi connectivity index (χ1) is 13.2. The summed E-state index contributed by atoms with van der Waals surface area (Å²) in [6.45, 7) is 1.82. The molecule has 3 aromatic rings. The van der Waals surface area contributed by atoms with Gasteiger partial charge in [-0.2, -0.15) is 4.98 Å². The van der Waals surface area contributed by atoms with Gasteiger partial charge in [-0.3, -0.25) is 9.78 Å². The number of methoxy groups -OCH3 is 1. The van der Waals surface area contributed by atoms with E-state index in [0.29, 0.717) is 23.1 Å². The van der Waals surface area contributed by atoms with Crippen LogP contribution in [0.3, 0.4) is 0 Å². The second kappa shape index (κ2) is 8.75. The molecule has 2 aromatic heterocycles. The van der Waals surface area contributed by atoms with Crippen LogP contribution < -0.4 is 14.8 Å². The molecule has 3 rings (SSSR count). The van der Waals surface area contributed by atoms with Crippen molar-refractivity contribution >= 4 is 11.6 Å². The molecule has 0 saturated heterocycles. The molecule has 1 aromatic carbocycles. The Hall–Kier alpha value is -3.48. The van der Waals surface area contributed by atoms with Crippen LogP contribution in [-0.4, -0.2) is 34.6 Å². The highest BCUT2D eigenvalue weighted by atomic mass is 16.5. The number of anilines is 1. The first-order valence-electron chi connectivity index (χ1n) is 8.53. The largest absolute Gasteiger partial charge is 0.495 e. The SMILES string of the molecule is CCc1cc(OCC(=O)Nc2ccccc2OC)nc(-c2ccncc2)n1. The smallest absolute Gasteiger partial charge is 0.262 e. The second-order valence-electron chi connectivity index (χ2n) is 5.65. The van der Waals surface area contributed by atoms with Crippen molar-refractivity contribution in [1.29, 1.82) is 0 Å². The summed E-state index contributed by atoms with van der Waals surface area (Å²) in [5, 5.41) is 2.77. The quantitative estimate of drug-likeness (QED) is 0.693. The van der Waals surface area contributed by atoms with Gasteiger partial charge in [-0.15, -0.1) is 0 Å². The van der Waals surface area contributed by atoms with E-state index in [2.05, 4.69) is 20.3 Å². The Morgan fingerprint density at radius 3 is 2.63 bits per heavy atom. The Balaban J connectivity index is 1.71. The molecule has 7 nitrogen and oxygen atoms in total. The van der Waals surface area contributed by atoms with E-state index < -0.39 is 0 Å². The third-order valence-electron chi connectivity index (χ3n) is 3.79. The average molecular weight is 364 g/mol. The van der Waals surface area contributed by atoms with E-state index in [9.17, 15) is 4.79 Å². The van der Waals surface area contributed by atoms with E-state index in [-0.39, 0.29) is 12.5 Å². The number of hydrogen-bond acceptors (Lipinski definition) is 6. The summed E-state index contributed by atoms with van der Waals surface area (Å²) in [6.07, 6.45) is 4.08. The number of ether oxygens (including phenoxy) is 2. The van der Waals surface area contributed by atoms with Gasteiger partial charge in [0.15, 0.2) is 12.4 Å². The van der Waals surface area contributed by atoms with Crippen LogP contribution in [0.1, 0.15) is 12.6 Å². The lowest BCUT2D eigenvalue weighted by Crippen LogP contribution is -2.21. The maximum absolute atomic E-state index is 12.2. The minimum absolute atomic E-state index is 0.173. The predicted molar refractivity (Wildman–Crippen MR) is 102 cm³/mol. The molecule has 0 aliphatic rings. The molecule has 2 heterocycles. The van der Waals surface area contributed by atoms with E-state index in [1.54, 1.807) is 37.7 Å². The van der Waals surface area contributed by atoms with Gasteiger partial charge in [0.05, 0.1) is 12.8 Å². The van der Waals surface area contributed by atoms with Crippen LogP contribution >= 0.6 is 0 Å². The van der Waals surface area contributed by atoms with Crippen LogP contribution in [0.15, 0.2) is 54.9 Å². The molecule has 0 bridgehead atoms. The summed E-state index contributed by atoms with van der Waals surface area (Å²) >= 11 is 0. The molecule has 1 amide bonds. The van der Waals surface area contributed by atoms with Crippen molar-refractivity contribution in [3.8, 4) is 23.0 Å². The monoisotopic (exact) mass is 364 g/mol. The number of amides is 1. The zero-order valence-corrected chi connectivity index (χ0v) is 15.2. The van der Waals surface area contributed by atoms with E-state index >= 15 is 0 Å². The van der Waals surface area contributed by atoms with Crippen LogP contribution in [0.4, 0.5) is 5.69 Å². The molecule has 0 unspecified atom stereocenters. The molecule has 0 aliphatic carbocycles. The van der Waals surface area contributed by atoms with E-state index in [1.807, 2.05) is 31.2 Å². The topological polar surface area (TPSA) is 86.2 Å². The molecule has 0 fully saturated rings. The molecule has 0 saturated carbocycles. The number of aryl methyl sites for hydroxylation is 1. The maximum Gasteiger partial charge on any atom is 0.262 e. The van der Waals surface area contributed by atoms with Crippen molar-refractivity contribution in [1.82, 2.24) is 15.0 Å². The van der Waals surface area contributed by atoms with Crippen molar-refractivity contribution in [2.75, 3.05) is 19.0 Å². The first-order valence-corrected chi connectivity index (χ1v) is 8.53. The number of hydrogen-bond donors (Lipinski definition) is 1. The lowest BCUT2D eigenvalue weighted by atomic mass is 10.2. The zero-order chi connectivity index (χ0) is 19.1. The predicted octanol–water partition coefficient (Wildman–Crippen LogP) is 3.13. The van der Waals surface area contributed by atoms with Crippen LogP contribution in [0.5, 0.6) is 11.6 Å². The summed E-state index contributed by atoms with van der Waals surface area (Å²) in [4.78, 5) is 25.1. The summed E-state index contributed by atoms with van der Waals surface area (Å²) in [5.74, 6) is 1.17. The molecule has 0 spiro atoms. The molecule has 0 radical (unpaired) electrons. The number of aromatic nitrogens is 3. The molecular weight excluding hydrogens is 344 g/mol. The molecule has 7 heteroatoms. The fourth-order valence-corrected chi connectivity index (χ4v) is 2.43. The molecule has 0 atom stereocenters. The van der Waals surface area contributed by atoms with Crippen LogP contribution in [0.25, 0.3) is 11.4 Å². The minimum atomic E-state index is -0.304. The van der Waals surface area contributed by atoms with Crippen molar-refractivity contribution in [2.24, 2.45) is 0 Å². The van der Waals surface area contributed by atoms with Gasteiger partial charge >= 0.3 is 0 Å². The zero-order valence-electron chi connectivity index (χ0n) is 15.2. The van der Waals surface area contributed by atoms with Gasteiger partial charge in [-0.25, -0.2) is 4.98 Å². The number of nitrogens with zero attached hydrogens (tertiary/aromatic N) is 3. The Morgan fingerprint density at radius 1 is 1.11 bits per heavy atom. The Bertz CT molecular complexity index is 916. The fourth-order valence-electron chi connectivity index (χ4n) is 2.43. The highest BCUT2D eigenvalue weighted by molar-refractivity contribution is 5.93. The summed E-state index contributed by atoms with van der Waals surface area (Å²) in [5.41, 5.74) is 2.25. The van der Waals surface area contributed by atoms with Crippen molar-refractivity contribution in [3.63, 3.8) is 0 Å². The Kier molecular flexibility index (Phi) is 5.94. The molecular formula is C20H20N4O3. The van der Waals surface area contributed by atoms with Gasteiger partial charge in [0, 0.05) is 29.7 Å². The van der Waals surface area contributed by atoms with Crippen LogP contribution in [0.2, 0.25) is 0 Å². The van der Waals surface area contributed by atoms with Gasteiger partial charge in [0.1, 0.15) is 5.75 Å². The number of carbonyl (C=O) groups excluding carboxylic acids is 1. The minimum Gasteiger partial charge on any atom is -0.495 e. The van der Waals surface area contributed by atoms with Gasteiger partial charge < -0.3 is 14.8 Å². The van der Waals surface area contributed by atoms with Gasteiger partial charge in [-0.05, 0) is 30.7 Å². The van der Waals surface area contributed by atoms with Crippen LogP contribution in [0, 0.1) is 0 Å². The third kappa shape index (κ3) is 4.78. The average Bonchev–Trinajstić information content (AvgIpc) is 2.73. The van der Waals surface area contributed by atoms with Gasteiger partial charge in [-0.1, -0.05) is 19.1 Å². The highest BCUT2D eigenvalue weighted by Crippen LogP contribution is 2.23. The van der Waals surface area contributed by atoms with Crippen molar-refractivity contribution < 1.29 is 14.3 Å². The number of para-hydroxylation sites is 2. The molecule has 0 aliphatic heterocycles. The second-order valence-corrected chi connectivity index (χ2v) is 5.65. The standard InChI is InChI=1S/C20H20N4O3/c1-3-15-12-19(24-20(22-15)14-8-10-21-11-9-14)27-13-18(25)23-16-6-4-5-7-17(16)26-2/h4-12H,3,13H2,1-2H3,(H,23,25). The Morgan fingerprint density at radius 2 is 1.89 bits per heavy atom. The lowest BCUT2D eigenvalue weighted by molar-refractivity contribution is -0.118. The van der Waals surface area contributed by atoms with E-state index in [4.69, 9.17) is 9.47 Å². The van der Waals surface area contributed by atoms with Crippen molar-refractivity contribution in [2.45, 2.75) is 13.3 Å². The summed E-state index contributed by atoms with van der Waals surface area (Å²) in [6, 6.07) is 12.6. The fraction of sp³-hybridized carbons (Fsp3) is 0.200. The van der Waals surface area contributed by atoms with Gasteiger partial charge in [0.25, 0.3) is 5.91 Å². The summed E-state index contributed by atoms with van der Waals surface area (Å²) in [7, 11) is 1.55. The van der Waals surface area contributed by atoms with Gasteiger partial charge in [0.2, 0.25) is 5.88 Å². The first kappa shape index (κ1) is 18.3. The van der Waals surface area contributed by atoms with Crippen molar-refractivity contribution in [3.05, 3.63) is 60.6 Å². The Labute approximate surface area is 157 Å². The maximum atomic E-state index is 12.2. The van der Waals surface area contributed by atoms with E-state index in [0.717, 1.165) is 17.7 Å². The number of pyridine rings is 1. The third-order valence-corrected chi connectivity index (χ3v) is 3.79. The molecule has 27 heavy (non-hydrogen) atoms. The lowest BCUT2D eigenvalue weighted by Gasteiger charge is -2.11. The number of benzene rings is 1. The highest BCUT2D eigenvalue weighted by Gasteiger charge is 2.11.